The highest BCUT2D eigenvalue weighted by atomic mass is 79.9. The molecule has 0 heterocycles. The number of rotatable bonds is 3. The van der Waals surface area contributed by atoms with E-state index in [0.717, 1.165) is 10.0 Å². The monoisotopic (exact) mass is 300 g/mol. The number of benzene rings is 1. The highest BCUT2D eigenvalue weighted by Crippen LogP contribution is 2.23. The van der Waals surface area contributed by atoms with Gasteiger partial charge in [-0.2, -0.15) is 0 Å². The van der Waals surface area contributed by atoms with Crippen LogP contribution in [0.25, 0.3) is 0 Å². The molecular formula is C11H13BrN2O3. The van der Waals surface area contributed by atoms with E-state index in [0.29, 0.717) is 5.69 Å². The zero-order chi connectivity index (χ0) is 13.0. The molecule has 0 bridgehead atoms. The van der Waals surface area contributed by atoms with Crippen molar-refractivity contribution < 1.29 is 14.7 Å². The van der Waals surface area contributed by atoms with Crippen LogP contribution >= 0.6 is 15.9 Å². The van der Waals surface area contributed by atoms with Crippen molar-refractivity contribution in [2.45, 2.75) is 19.9 Å². The van der Waals surface area contributed by atoms with Gasteiger partial charge in [-0.05, 0) is 47.5 Å². The molecule has 0 spiro atoms. The van der Waals surface area contributed by atoms with Crippen LogP contribution in [-0.2, 0) is 4.79 Å². The zero-order valence-corrected chi connectivity index (χ0v) is 11.0. The first kappa shape index (κ1) is 13.5. The van der Waals surface area contributed by atoms with Crippen molar-refractivity contribution in [1.82, 2.24) is 5.32 Å². The first-order chi connectivity index (χ1) is 7.90. The van der Waals surface area contributed by atoms with Crippen LogP contribution in [0.15, 0.2) is 22.7 Å². The summed E-state index contributed by atoms with van der Waals surface area (Å²) in [6.07, 6.45) is 0. The Bertz CT molecular complexity index is 448. The molecule has 0 aliphatic heterocycles. The molecule has 0 aliphatic carbocycles. The quantitative estimate of drug-likeness (QED) is 0.802. The summed E-state index contributed by atoms with van der Waals surface area (Å²) in [6, 6.07) is 3.96. The molecule has 0 aliphatic rings. The first-order valence-electron chi connectivity index (χ1n) is 4.96. The van der Waals surface area contributed by atoms with Gasteiger partial charge in [-0.25, -0.2) is 4.79 Å². The lowest BCUT2D eigenvalue weighted by atomic mass is 10.2. The first-order valence-corrected chi connectivity index (χ1v) is 5.76. The maximum atomic E-state index is 11.5. The van der Waals surface area contributed by atoms with Crippen molar-refractivity contribution in [2.24, 2.45) is 0 Å². The van der Waals surface area contributed by atoms with E-state index < -0.39 is 18.0 Å². The molecule has 1 rings (SSSR count). The maximum Gasteiger partial charge on any atom is 0.325 e. The Balaban J connectivity index is 2.65. The summed E-state index contributed by atoms with van der Waals surface area (Å²) in [6.45, 7) is 3.33. The van der Waals surface area contributed by atoms with Crippen LogP contribution < -0.4 is 10.6 Å². The number of aliphatic carboxylic acids is 1. The Morgan fingerprint density at radius 2 is 2.06 bits per heavy atom. The molecule has 1 aromatic carbocycles. The predicted molar refractivity (Wildman–Crippen MR) is 68.1 cm³/mol. The van der Waals surface area contributed by atoms with Gasteiger partial charge in [0.05, 0.1) is 5.69 Å². The summed E-state index contributed by atoms with van der Waals surface area (Å²) in [5, 5.41) is 13.5. The third kappa shape index (κ3) is 4.07. The topological polar surface area (TPSA) is 78.4 Å². The van der Waals surface area contributed by atoms with Crippen LogP contribution in [-0.4, -0.2) is 23.1 Å². The molecule has 1 unspecified atom stereocenters. The van der Waals surface area contributed by atoms with E-state index in [-0.39, 0.29) is 0 Å². The predicted octanol–water partition coefficient (Wildman–Crippen LogP) is 2.35. The average molecular weight is 301 g/mol. The number of carboxylic acids is 1. The van der Waals surface area contributed by atoms with Crippen LogP contribution in [0.1, 0.15) is 12.5 Å². The van der Waals surface area contributed by atoms with Gasteiger partial charge in [-0.1, -0.05) is 6.07 Å². The molecule has 0 radical (unpaired) electrons. The minimum Gasteiger partial charge on any atom is -0.480 e. The number of hydrogen-bond acceptors (Lipinski definition) is 2. The molecule has 2 amide bonds. The van der Waals surface area contributed by atoms with Crippen molar-refractivity contribution in [2.75, 3.05) is 5.32 Å². The molecule has 1 aromatic rings. The van der Waals surface area contributed by atoms with E-state index in [4.69, 9.17) is 5.11 Å². The minimum atomic E-state index is -1.08. The lowest BCUT2D eigenvalue weighted by Crippen LogP contribution is -2.40. The Kier molecular flexibility index (Phi) is 4.51. The lowest BCUT2D eigenvalue weighted by Gasteiger charge is -2.12. The number of carboxylic acid groups (broad SMARTS) is 1. The normalized spacial score (nSPS) is 11.7. The maximum absolute atomic E-state index is 11.5. The van der Waals surface area contributed by atoms with Crippen molar-refractivity contribution in [3.63, 3.8) is 0 Å². The summed E-state index contributed by atoms with van der Waals surface area (Å²) in [5.41, 5.74) is 1.65. The minimum absolute atomic E-state index is 0.551. The molecule has 92 valence electrons. The number of hydrogen-bond donors (Lipinski definition) is 3. The van der Waals surface area contributed by atoms with E-state index >= 15 is 0 Å². The fourth-order valence-corrected chi connectivity index (χ4v) is 1.73. The molecule has 0 saturated carbocycles. The summed E-state index contributed by atoms with van der Waals surface area (Å²) in [5.74, 6) is -1.08. The standard InChI is InChI=1S/C11H13BrN2O3/c1-6-3-4-9(8(12)5-6)14-11(17)13-7(2)10(15)16/h3-5,7H,1-2H3,(H,15,16)(H2,13,14,17). The van der Waals surface area contributed by atoms with Crippen molar-refractivity contribution >= 4 is 33.6 Å². The number of amides is 2. The van der Waals surface area contributed by atoms with Gasteiger partial charge < -0.3 is 15.7 Å². The van der Waals surface area contributed by atoms with E-state index in [1.165, 1.54) is 6.92 Å². The molecule has 17 heavy (non-hydrogen) atoms. The highest BCUT2D eigenvalue weighted by molar-refractivity contribution is 9.10. The highest BCUT2D eigenvalue weighted by Gasteiger charge is 2.14. The number of nitrogens with one attached hydrogen (secondary N) is 2. The third-order valence-electron chi connectivity index (χ3n) is 2.09. The van der Waals surface area contributed by atoms with Crippen LogP contribution in [0.4, 0.5) is 10.5 Å². The summed E-state index contributed by atoms with van der Waals surface area (Å²) in [4.78, 5) is 22.0. The number of urea groups is 1. The Labute approximate surface area is 107 Å². The van der Waals surface area contributed by atoms with Crippen molar-refractivity contribution in [1.29, 1.82) is 0 Å². The molecule has 0 fully saturated rings. The molecular weight excluding hydrogens is 288 g/mol. The van der Waals surface area contributed by atoms with Gasteiger partial charge in [0.2, 0.25) is 0 Å². The average Bonchev–Trinajstić information content (AvgIpc) is 2.22. The molecule has 0 aromatic heterocycles. The molecule has 0 saturated heterocycles. The van der Waals surface area contributed by atoms with E-state index in [9.17, 15) is 9.59 Å². The van der Waals surface area contributed by atoms with Crippen LogP contribution in [0.5, 0.6) is 0 Å². The van der Waals surface area contributed by atoms with E-state index in [1.807, 2.05) is 19.1 Å². The number of carbonyl (C=O) groups is 2. The molecule has 3 N–H and O–H groups in total. The van der Waals surface area contributed by atoms with Gasteiger partial charge in [-0.15, -0.1) is 0 Å². The second-order valence-corrected chi connectivity index (χ2v) is 4.50. The zero-order valence-electron chi connectivity index (χ0n) is 9.45. The summed E-state index contributed by atoms with van der Waals surface area (Å²) < 4.78 is 0.746. The van der Waals surface area contributed by atoms with E-state index in [2.05, 4.69) is 26.6 Å². The SMILES string of the molecule is Cc1ccc(NC(=O)NC(C)C(=O)O)c(Br)c1. The Morgan fingerprint density at radius 3 is 2.59 bits per heavy atom. The smallest absolute Gasteiger partial charge is 0.325 e. The van der Waals surface area contributed by atoms with Crippen LogP contribution in [0.3, 0.4) is 0 Å². The Hall–Kier alpha value is -1.56. The summed E-state index contributed by atoms with van der Waals surface area (Å²) >= 11 is 3.31. The Morgan fingerprint density at radius 1 is 1.41 bits per heavy atom. The second-order valence-electron chi connectivity index (χ2n) is 3.64. The number of halogens is 1. The van der Waals surface area contributed by atoms with Gasteiger partial charge in [0.15, 0.2) is 0 Å². The summed E-state index contributed by atoms with van der Waals surface area (Å²) in [7, 11) is 0. The van der Waals surface area contributed by atoms with E-state index in [1.54, 1.807) is 6.07 Å². The fraction of sp³-hybridized carbons (Fsp3) is 0.273. The molecule has 5 nitrogen and oxygen atoms in total. The van der Waals surface area contributed by atoms with Gasteiger partial charge >= 0.3 is 12.0 Å². The van der Waals surface area contributed by atoms with Gasteiger partial charge in [0.25, 0.3) is 0 Å². The lowest BCUT2D eigenvalue weighted by molar-refractivity contribution is -0.138. The molecule has 1 atom stereocenters. The van der Waals surface area contributed by atoms with Crippen molar-refractivity contribution in [3.05, 3.63) is 28.2 Å². The van der Waals surface area contributed by atoms with Gasteiger partial charge in [0, 0.05) is 4.47 Å². The van der Waals surface area contributed by atoms with Gasteiger partial charge in [-0.3, -0.25) is 4.79 Å². The largest absolute Gasteiger partial charge is 0.480 e. The number of carbonyl (C=O) groups excluding carboxylic acids is 1. The molecule has 6 heteroatoms. The fourth-order valence-electron chi connectivity index (χ4n) is 1.14. The number of anilines is 1. The van der Waals surface area contributed by atoms with Gasteiger partial charge in [0.1, 0.15) is 6.04 Å². The van der Waals surface area contributed by atoms with Crippen molar-refractivity contribution in [3.8, 4) is 0 Å². The van der Waals surface area contributed by atoms with Crippen LogP contribution in [0.2, 0.25) is 0 Å². The number of aryl methyl sites for hydroxylation is 1. The second kappa shape index (κ2) is 5.67. The van der Waals surface area contributed by atoms with Crippen LogP contribution in [0, 0.1) is 6.92 Å². The third-order valence-corrected chi connectivity index (χ3v) is 2.75.